The second-order valence-corrected chi connectivity index (χ2v) is 25.0. The zero-order valence-electron chi connectivity index (χ0n) is 47.4. The number of phenolic OH excluding ortho intramolecular Hbond substituents is 1. The molecule has 0 saturated carbocycles. The van der Waals surface area contributed by atoms with Gasteiger partial charge in [0, 0.05) is 74.2 Å². The molecule has 5 aliphatic heterocycles. The number of aliphatic hydroxyl groups is 1. The molecular weight excluding hydrogens is 1050 g/mol. The van der Waals surface area contributed by atoms with Crippen LogP contribution >= 0.6 is 11.3 Å². The Kier molecular flexibility index (Phi) is 17.3. The van der Waals surface area contributed by atoms with Crippen molar-refractivity contribution in [2.45, 2.75) is 160 Å². The molecule has 5 aromatic rings. The summed E-state index contributed by atoms with van der Waals surface area (Å²) in [6, 6.07) is 13.4. The fraction of sp³-hybridized carbons (Fsp3) is 0.541. The molecule has 81 heavy (non-hydrogen) atoms. The second kappa shape index (κ2) is 24.3. The highest BCUT2D eigenvalue weighted by atomic mass is 32.1. The average molecular weight is 1130 g/mol. The molecule has 2 aromatic heterocycles. The second-order valence-electron chi connectivity index (χ2n) is 24.1. The third-order valence-electron chi connectivity index (χ3n) is 17.1. The van der Waals surface area contributed by atoms with Crippen molar-refractivity contribution in [2.75, 3.05) is 50.8 Å². The van der Waals surface area contributed by atoms with Gasteiger partial charge in [-0.1, -0.05) is 70.5 Å². The van der Waals surface area contributed by atoms with E-state index in [1.165, 1.54) is 29.2 Å². The van der Waals surface area contributed by atoms with Gasteiger partial charge in [0.05, 0.1) is 45.6 Å². The monoisotopic (exact) mass is 1130 g/mol. The Labute approximate surface area is 477 Å². The van der Waals surface area contributed by atoms with Crippen molar-refractivity contribution < 1.29 is 42.9 Å². The molecule has 0 spiro atoms. The van der Waals surface area contributed by atoms with Crippen LogP contribution in [0.25, 0.3) is 32.7 Å². The van der Waals surface area contributed by atoms with E-state index >= 15 is 8.78 Å². The van der Waals surface area contributed by atoms with Crippen LogP contribution in [0.2, 0.25) is 0 Å². The highest BCUT2D eigenvalue weighted by Crippen LogP contribution is 2.42. The number of likely N-dealkylation sites (tertiary alicyclic amines) is 1. The van der Waals surface area contributed by atoms with Gasteiger partial charge in [0.25, 0.3) is 0 Å². The molecular formula is C61H78F2N10O7S. The standard InChI is InChI=1S/C61H78F2N10O7S/c1-7-12-45-53(51(63)52(64)46-26-42(74)25-39-13-10-14-47(62)50(39)46)69-59(70-56(45)71-29-40-20-21-41(30-71)67-40)80-33-61-22-11-23-72(61)32-44(28-61)79-24-9-8-15-49(76)68-55(60(4,5)6)58(78)73-31-43(75)27-48(73)57(77)66-35(2)37-16-18-38(19-17-37)54-36(3)65-34-81-54/h10,13-14,16-19,25-26,34-35,40-41,43-44,48,55,67,74-75H,7-9,11-12,15,20-24,27-33,64H2,1-6H3,(H,66,77)(H,68,76)/b52-51+/t35-,40?,41?,43+,44-,48-,55+,61+/m0/s1. The van der Waals surface area contributed by atoms with E-state index in [-0.39, 0.29) is 102 Å². The molecule has 7 N–H and O–H groups in total. The van der Waals surface area contributed by atoms with Crippen LogP contribution in [-0.2, 0) is 25.5 Å². The number of anilines is 1. The third kappa shape index (κ3) is 12.6. The molecule has 3 aromatic carbocycles. The molecule has 0 radical (unpaired) electrons. The number of nitrogens with two attached hydrogens (primary N) is 1. The highest BCUT2D eigenvalue weighted by Gasteiger charge is 2.50. The van der Waals surface area contributed by atoms with E-state index in [4.69, 9.17) is 25.2 Å². The maximum absolute atomic E-state index is 17.4. The van der Waals surface area contributed by atoms with Gasteiger partial charge in [0.15, 0.2) is 5.83 Å². The maximum atomic E-state index is 17.4. The number of nitrogens with zero attached hydrogens (tertiary/aromatic N) is 6. The Morgan fingerprint density at radius 1 is 1.02 bits per heavy atom. The van der Waals surface area contributed by atoms with Crippen LogP contribution in [-0.4, -0.2) is 141 Å². The molecule has 2 bridgehead atoms. The van der Waals surface area contributed by atoms with Gasteiger partial charge in [-0.05, 0) is 112 Å². The van der Waals surface area contributed by atoms with Gasteiger partial charge < -0.3 is 51.2 Å². The van der Waals surface area contributed by atoms with Crippen molar-refractivity contribution >= 4 is 57.2 Å². The Morgan fingerprint density at radius 2 is 1.79 bits per heavy atom. The number of piperazine rings is 1. The molecule has 5 aliphatic rings. The number of amides is 3. The summed E-state index contributed by atoms with van der Waals surface area (Å²) in [5, 5.41) is 31.6. The molecule has 434 valence electrons. The summed E-state index contributed by atoms with van der Waals surface area (Å²) < 4.78 is 45.9. The van der Waals surface area contributed by atoms with Gasteiger partial charge in [-0.25, -0.2) is 13.8 Å². The molecule has 5 fully saturated rings. The first-order chi connectivity index (χ1) is 38.8. The lowest BCUT2D eigenvalue weighted by atomic mass is 9.85. The molecule has 8 atom stereocenters. The van der Waals surface area contributed by atoms with Crippen molar-refractivity contribution in [3.63, 3.8) is 0 Å². The van der Waals surface area contributed by atoms with Crippen LogP contribution in [0.5, 0.6) is 11.8 Å². The minimum Gasteiger partial charge on any atom is -0.508 e. The number of halogens is 2. The number of hydrogen-bond donors (Lipinski definition) is 6. The highest BCUT2D eigenvalue weighted by molar-refractivity contribution is 7.13. The topological polar surface area (TPSA) is 221 Å². The van der Waals surface area contributed by atoms with Gasteiger partial charge in [0.2, 0.25) is 17.7 Å². The van der Waals surface area contributed by atoms with Crippen molar-refractivity contribution in [3.8, 4) is 22.2 Å². The summed E-state index contributed by atoms with van der Waals surface area (Å²) >= 11 is 1.57. The summed E-state index contributed by atoms with van der Waals surface area (Å²) in [6.07, 6.45) is 6.12. The van der Waals surface area contributed by atoms with E-state index in [1.807, 2.05) is 71.3 Å². The summed E-state index contributed by atoms with van der Waals surface area (Å²) in [7, 11) is 0. The van der Waals surface area contributed by atoms with E-state index in [2.05, 4.69) is 30.7 Å². The van der Waals surface area contributed by atoms with Gasteiger partial charge in [-0.15, -0.1) is 11.3 Å². The number of β-amino-alcohol motifs (C(OH)–C–C–N with tert-alkyl or cyclic N) is 1. The fourth-order valence-electron chi connectivity index (χ4n) is 12.9. The van der Waals surface area contributed by atoms with Gasteiger partial charge >= 0.3 is 6.01 Å². The first kappa shape index (κ1) is 57.9. The number of benzene rings is 3. The van der Waals surface area contributed by atoms with E-state index in [9.17, 15) is 24.6 Å². The molecule has 5 saturated heterocycles. The summed E-state index contributed by atoms with van der Waals surface area (Å²) in [6.45, 7) is 15.1. The fourth-order valence-corrected chi connectivity index (χ4v) is 13.7. The normalized spacial score (nSPS) is 23.8. The number of nitrogens with one attached hydrogen (secondary N) is 3. The van der Waals surface area contributed by atoms with Gasteiger partial charge in [-0.2, -0.15) is 9.97 Å². The molecule has 3 amide bonds. The quantitative estimate of drug-likeness (QED) is 0.0406. The number of unbranched alkanes of at least 4 members (excludes halogenated alkanes) is 1. The summed E-state index contributed by atoms with van der Waals surface area (Å²) in [5.74, 6) is -2.08. The van der Waals surface area contributed by atoms with E-state index in [0.29, 0.717) is 75.1 Å². The summed E-state index contributed by atoms with van der Waals surface area (Å²) in [5.41, 5.74) is 10.6. The van der Waals surface area contributed by atoms with E-state index < -0.39 is 41.2 Å². The van der Waals surface area contributed by atoms with E-state index in [1.54, 1.807) is 17.4 Å². The lowest BCUT2D eigenvalue weighted by Gasteiger charge is -2.35. The Bertz CT molecular complexity index is 3140. The number of aryl methyl sites for hydroxylation is 1. The number of phenols is 1. The first-order valence-electron chi connectivity index (χ1n) is 28.9. The molecule has 2 unspecified atom stereocenters. The SMILES string of the molecule is CCCc1c(/C(F)=C(\N)c2cc(O)cc3cccc(F)c23)nc(OC[C@]23CCCN2C[C@@H](OCCCCC(=O)N[C@H](C(=O)N2C[C@H](O)C[C@H]2C(=O)N[C@@H](C)c2ccc(-c4scnc4C)cc2)C(C)(C)C)C3)nc1N1CC2CCC(C1)N2. The minimum atomic E-state index is -0.938. The van der Waals surface area contributed by atoms with Crippen LogP contribution in [0.15, 0.2) is 60.1 Å². The number of thiazole rings is 1. The Hall–Kier alpha value is -6.32. The van der Waals surface area contributed by atoms with Crippen LogP contribution in [0.1, 0.15) is 133 Å². The van der Waals surface area contributed by atoms with Crippen LogP contribution in [0.3, 0.4) is 0 Å². The number of aromatic nitrogens is 3. The lowest BCUT2D eigenvalue weighted by Crippen LogP contribution is -2.57. The molecule has 20 heteroatoms. The van der Waals surface area contributed by atoms with Crippen LogP contribution < -0.4 is 31.3 Å². The van der Waals surface area contributed by atoms with Crippen molar-refractivity contribution in [1.82, 2.24) is 40.7 Å². The van der Waals surface area contributed by atoms with Crippen molar-refractivity contribution in [3.05, 3.63) is 94.0 Å². The smallest absolute Gasteiger partial charge is 0.319 e. The molecule has 0 aliphatic carbocycles. The molecule has 10 rings (SSSR count). The number of carbonyl (C=O) groups excluding carboxylic acids is 3. The number of carbonyl (C=O) groups is 3. The zero-order chi connectivity index (χ0) is 57.3. The largest absolute Gasteiger partial charge is 0.508 e. The zero-order valence-corrected chi connectivity index (χ0v) is 48.2. The third-order valence-corrected chi connectivity index (χ3v) is 18.1. The maximum Gasteiger partial charge on any atom is 0.319 e. The van der Waals surface area contributed by atoms with Crippen molar-refractivity contribution in [1.29, 1.82) is 0 Å². The lowest BCUT2D eigenvalue weighted by molar-refractivity contribution is -0.144. The van der Waals surface area contributed by atoms with Gasteiger partial charge in [0.1, 0.15) is 41.8 Å². The number of aromatic hydroxyl groups is 1. The van der Waals surface area contributed by atoms with Crippen LogP contribution in [0, 0.1) is 18.2 Å². The number of fused-ring (bicyclic) bond motifs is 4. The predicted octanol–water partition coefficient (Wildman–Crippen LogP) is 8.10. The van der Waals surface area contributed by atoms with Crippen LogP contribution in [0.4, 0.5) is 14.6 Å². The first-order valence-corrected chi connectivity index (χ1v) is 29.7. The van der Waals surface area contributed by atoms with E-state index in [0.717, 1.165) is 53.9 Å². The number of hydrogen-bond acceptors (Lipinski definition) is 15. The molecule has 7 heterocycles. The molecule has 17 nitrogen and oxygen atoms in total. The number of ether oxygens (including phenoxy) is 2. The Morgan fingerprint density at radius 3 is 2.51 bits per heavy atom. The summed E-state index contributed by atoms with van der Waals surface area (Å²) in [4.78, 5) is 63.0. The van der Waals surface area contributed by atoms with Gasteiger partial charge in [-0.3, -0.25) is 19.3 Å². The number of aliphatic hydroxyl groups excluding tert-OH is 1. The number of rotatable bonds is 20. The Balaban J connectivity index is 0.757. The van der Waals surface area contributed by atoms with Crippen molar-refractivity contribution in [2.24, 2.45) is 11.1 Å². The predicted molar refractivity (Wildman–Crippen MR) is 309 cm³/mol. The average Bonchev–Trinajstić information content (AvgIpc) is 4.45. The minimum absolute atomic E-state index is 0.0117.